The average molecular weight is 145 g/mol. The second-order valence-electron chi connectivity index (χ2n) is 1.49. The van der Waals surface area contributed by atoms with Crippen molar-refractivity contribution >= 4 is 11.6 Å². The monoisotopic (exact) mass is 144 g/mol. The van der Waals surface area contributed by atoms with E-state index in [-0.39, 0.29) is 5.22 Å². The summed E-state index contributed by atoms with van der Waals surface area (Å²) in [5, 5.41) is 3.39. The standard InChI is InChI=1S/C5H5ClN2O/c6-4-2-1-3-5(8-7)9-4/h1-3,5,7H. The smallest absolute Gasteiger partial charge is 0.228 e. The Morgan fingerprint density at radius 2 is 2.56 bits per heavy atom. The quantitative estimate of drug-likeness (QED) is 0.563. The van der Waals surface area contributed by atoms with Gasteiger partial charge in [0.1, 0.15) is 0 Å². The normalized spacial score (nSPS) is 24.6. The van der Waals surface area contributed by atoms with Gasteiger partial charge < -0.3 is 4.74 Å². The van der Waals surface area contributed by atoms with Crippen LogP contribution in [0.1, 0.15) is 0 Å². The first-order valence-electron chi connectivity index (χ1n) is 2.40. The highest BCUT2D eigenvalue weighted by molar-refractivity contribution is 6.28. The van der Waals surface area contributed by atoms with E-state index in [2.05, 4.69) is 5.11 Å². The maximum atomic E-state index is 6.55. The number of nitrogens with one attached hydrogen (secondary N) is 1. The zero-order chi connectivity index (χ0) is 6.69. The molecule has 0 fully saturated rings. The Bertz CT molecular complexity index is 176. The van der Waals surface area contributed by atoms with Gasteiger partial charge in [-0.05, 0) is 23.8 Å². The Balaban J connectivity index is 2.61. The summed E-state index contributed by atoms with van der Waals surface area (Å²) in [4.78, 5) is 0. The summed E-state index contributed by atoms with van der Waals surface area (Å²) in [6.45, 7) is 0. The lowest BCUT2D eigenvalue weighted by atomic mass is 10.4. The van der Waals surface area contributed by atoms with Crippen molar-refractivity contribution in [3.63, 3.8) is 0 Å². The Labute approximate surface area is 57.5 Å². The summed E-state index contributed by atoms with van der Waals surface area (Å²) < 4.78 is 4.82. The number of hydrogen-bond donors (Lipinski definition) is 1. The molecule has 4 heteroatoms. The van der Waals surface area contributed by atoms with Gasteiger partial charge in [0.2, 0.25) is 6.23 Å². The van der Waals surface area contributed by atoms with Crippen molar-refractivity contribution < 1.29 is 4.74 Å². The lowest BCUT2D eigenvalue weighted by molar-refractivity contribution is 0.170. The highest BCUT2D eigenvalue weighted by Crippen LogP contribution is 2.13. The van der Waals surface area contributed by atoms with Crippen LogP contribution in [-0.4, -0.2) is 6.23 Å². The van der Waals surface area contributed by atoms with Crippen LogP contribution in [0.15, 0.2) is 28.6 Å². The predicted octanol–water partition coefficient (Wildman–Crippen LogP) is 2.01. The number of hydrogen-bond acceptors (Lipinski definition) is 3. The van der Waals surface area contributed by atoms with Crippen LogP contribution in [-0.2, 0) is 4.74 Å². The minimum atomic E-state index is -0.525. The van der Waals surface area contributed by atoms with Crippen molar-refractivity contribution in [1.82, 2.24) is 0 Å². The van der Waals surface area contributed by atoms with Crippen LogP contribution in [0.4, 0.5) is 0 Å². The number of nitrogens with zero attached hydrogens (tertiary/aromatic N) is 1. The molecule has 1 rings (SSSR count). The fourth-order valence-electron chi connectivity index (χ4n) is 0.490. The third kappa shape index (κ3) is 1.54. The molecule has 48 valence electrons. The first-order valence-corrected chi connectivity index (χ1v) is 2.78. The third-order valence-electron chi connectivity index (χ3n) is 0.864. The van der Waals surface area contributed by atoms with Gasteiger partial charge in [0.05, 0.1) is 0 Å². The van der Waals surface area contributed by atoms with Crippen molar-refractivity contribution in [3.05, 3.63) is 23.4 Å². The van der Waals surface area contributed by atoms with Crippen LogP contribution in [0, 0.1) is 5.53 Å². The first-order chi connectivity index (χ1) is 4.33. The van der Waals surface area contributed by atoms with E-state index in [0.717, 1.165) is 0 Å². The van der Waals surface area contributed by atoms with Crippen LogP contribution in [0.3, 0.4) is 0 Å². The van der Waals surface area contributed by atoms with Crippen molar-refractivity contribution in [1.29, 1.82) is 5.53 Å². The largest absolute Gasteiger partial charge is 0.453 e. The molecule has 0 aromatic carbocycles. The molecule has 1 N–H and O–H groups in total. The third-order valence-corrected chi connectivity index (χ3v) is 1.08. The fourth-order valence-corrected chi connectivity index (χ4v) is 0.654. The fraction of sp³-hybridized carbons (Fsp3) is 0.200. The molecule has 0 radical (unpaired) electrons. The van der Waals surface area contributed by atoms with E-state index < -0.39 is 6.23 Å². The van der Waals surface area contributed by atoms with Crippen LogP contribution in [0.2, 0.25) is 0 Å². The first kappa shape index (κ1) is 6.29. The van der Waals surface area contributed by atoms with Gasteiger partial charge in [-0.1, -0.05) is 6.08 Å². The molecule has 1 aliphatic heterocycles. The SMILES string of the molecule is N=NC1C=CC=C(Cl)O1. The number of halogens is 1. The molecular weight excluding hydrogens is 140 g/mol. The van der Waals surface area contributed by atoms with Gasteiger partial charge in [0, 0.05) is 0 Å². The summed E-state index contributed by atoms with van der Waals surface area (Å²) >= 11 is 5.43. The van der Waals surface area contributed by atoms with Gasteiger partial charge in [-0.2, -0.15) is 0 Å². The highest BCUT2D eigenvalue weighted by Gasteiger charge is 2.06. The number of ether oxygens (including phenoxy) is 1. The molecular formula is C5H5ClN2O. The zero-order valence-corrected chi connectivity index (χ0v) is 5.30. The van der Waals surface area contributed by atoms with E-state index in [4.69, 9.17) is 21.9 Å². The van der Waals surface area contributed by atoms with Crippen molar-refractivity contribution in [2.75, 3.05) is 0 Å². The summed E-state index contributed by atoms with van der Waals surface area (Å²) in [5.74, 6) is 0. The van der Waals surface area contributed by atoms with Gasteiger partial charge in [0.15, 0.2) is 5.22 Å². The summed E-state index contributed by atoms with van der Waals surface area (Å²) in [6, 6.07) is 0. The Kier molecular flexibility index (Phi) is 1.85. The molecule has 3 nitrogen and oxygen atoms in total. The van der Waals surface area contributed by atoms with E-state index in [1.54, 1.807) is 18.2 Å². The minimum Gasteiger partial charge on any atom is -0.453 e. The molecule has 1 aliphatic rings. The molecule has 0 saturated heterocycles. The van der Waals surface area contributed by atoms with Crippen molar-refractivity contribution in [2.24, 2.45) is 5.11 Å². The summed E-state index contributed by atoms with van der Waals surface area (Å²) in [6.07, 6.45) is 4.42. The molecule has 0 saturated carbocycles. The summed E-state index contributed by atoms with van der Waals surface area (Å²) in [5.41, 5.74) is 6.55. The van der Waals surface area contributed by atoms with Crippen LogP contribution >= 0.6 is 11.6 Å². The molecule has 1 heterocycles. The molecule has 1 unspecified atom stereocenters. The second-order valence-corrected chi connectivity index (χ2v) is 1.87. The van der Waals surface area contributed by atoms with Gasteiger partial charge in [-0.25, -0.2) is 5.53 Å². The Morgan fingerprint density at radius 3 is 3.00 bits per heavy atom. The molecule has 0 spiro atoms. The van der Waals surface area contributed by atoms with Crippen molar-refractivity contribution in [2.45, 2.75) is 6.23 Å². The molecule has 9 heavy (non-hydrogen) atoms. The maximum Gasteiger partial charge on any atom is 0.228 e. The zero-order valence-electron chi connectivity index (χ0n) is 4.54. The van der Waals surface area contributed by atoms with E-state index in [9.17, 15) is 0 Å². The second kappa shape index (κ2) is 2.64. The molecule has 0 aliphatic carbocycles. The highest BCUT2D eigenvalue weighted by atomic mass is 35.5. The maximum absolute atomic E-state index is 6.55. The molecule has 1 atom stereocenters. The minimum absolute atomic E-state index is 0.276. The number of rotatable bonds is 1. The van der Waals surface area contributed by atoms with E-state index in [1.165, 1.54) is 0 Å². The lowest BCUT2D eigenvalue weighted by Crippen LogP contribution is -2.05. The van der Waals surface area contributed by atoms with E-state index in [0.29, 0.717) is 0 Å². The number of allylic oxidation sites excluding steroid dienone is 2. The predicted molar refractivity (Wildman–Crippen MR) is 33.1 cm³/mol. The van der Waals surface area contributed by atoms with Gasteiger partial charge in [0.25, 0.3) is 0 Å². The van der Waals surface area contributed by atoms with Gasteiger partial charge in [-0.3, -0.25) is 0 Å². The summed E-state index contributed by atoms with van der Waals surface area (Å²) in [7, 11) is 0. The average Bonchev–Trinajstić information content (AvgIpc) is 1.88. The molecule has 0 amide bonds. The van der Waals surface area contributed by atoms with Gasteiger partial charge >= 0.3 is 0 Å². The Hall–Kier alpha value is -0.830. The van der Waals surface area contributed by atoms with Crippen LogP contribution in [0.25, 0.3) is 0 Å². The van der Waals surface area contributed by atoms with Crippen LogP contribution < -0.4 is 0 Å². The topological polar surface area (TPSA) is 45.4 Å². The van der Waals surface area contributed by atoms with E-state index >= 15 is 0 Å². The molecule has 0 aromatic rings. The lowest BCUT2D eigenvalue weighted by Gasteiger charge is -2.10. The molecule has 0 bridgehead atoms. The molecule has 0 aromatic heterocycles. The Morgan fingerprint density at radius 1 is 1.78 bits per heavy atom. The van der Waals surface area contributed by atoms with Crippen LogP contribution in [0.5, 0.6) is 0 Å². The van der Waals surface area contributed by atoms with Crippen molar-refractivity contribution in [3.8, 4) is 0 Å². The van der Waals surface area contributed by atoms with E-state index in [1.807, 2.05) is 0 Å². The van der Waals surface area contributed by atoms with Gasteiger partial charge in [-0.15, -0.1) is 5.11 Å².